The molecule has 22 heavy (non-hydrogen) atoms. The molecule has 0 saturated heterocycles. The smallest absolute Gasteiger partial charge is 0.306 e. The Bertz CT molecular complexity index is 547. The summed E-state index contributed by atoms with van der Waals surface area (Å²) < 4.78 is 6.29. The maximum absolute atomic E-state index is 11.7. The summed E-state index contributed by atoms with van der Waals surface area (Å²) in [5, 5.41) is 2.75. The summed E-state index contributed by atoms with van der Waals surface area (Å²) >= 11 is 2.23. The molecule has 0 fully saturated rings. The molecule has 1 aromatic carbocycles. The van der Waals surface area contributed by atoms with E-state index in [1.165, 1.54) is 6.08 Å². The van der Waals surface area contributed by atoms with E-state index in [4.69, 9.17) is 4.74 Å². The summed E-state index contributed by atoms with van der Waals surface area (Å²) in [4.78, 5) is 23.2. The summed E-state index contributed by atoms with van der Waals surface area (Å²) in [5.41, 5.74) is 0.544. The van der Waals surface area contributed by atoms with Gasteiger partial charge in [-0.3, -0.25) is 9.59 Å². The average molecular weight is 415 g/mol. The number of hydrogen-bond donors (Lipinski definition) is 1. The van der Waals surface area contributed by atoms with Crippen molar-refractivity contribution in [2.24, 2.45) is 0 Å². The molecule has 0 atom stereocenters. The fraction of sp³-hybridized carbons (Fsp3) is 0.412. The summed E-state index contributed by atoms with van der Waals surface area (Å²) in [5.74, 6) is -0.403. The van der Waals surface area contributed by atoms with Gasteiger partial charge in [-0.15, -0.1) is 0 Å². The molecular formula is C17H22INO3. The zero-order valence-corrected chi connectivity index (χ0v) is 15.3. The fourth-order valence-corrected chi connectivity index (χ4v) is 2.24. The Labute approximate surface area is 145 Å². The first-order valence-corrected chi connectivity index (χ1v) is 8.28. The first-order valence-electron chi connectivity index (χ1n) is 7.20. The Morgan fingerprint density at radius 2 is 1.95 bits per heavy atom. The summed E-state index contributed by atoms with van der Waals surface area (Å²) in [7, 11) is 0. The van der Waals surface area contributed by atoms with Gasteiger partial charge in [-0.2, -0.15) is 0 Å². The molecule has 0 aliphatic heterocycles. The van der Waals surface area contributed by atoms with Crippen molar-refractivity contribution in [3.63, 3.8) is 0 Å². The van der Waals surface area contributed by atoms with Gasteiger partial charge in [-0.25, -0.2) is 0 Å². The molecule has 0 radical (unpaired) electrons. The van der Waals surface area contributed by atoms with Gasteiger partial charge in [0.2, 0.25) is 5.91 Å². The van der Waals surface area contributed by atoms with Gasteiger partial charge in [0.25, 0.3) is 0 Å². The first-order chi connectivity index (χ1) is 10.3. The second-order valence-electron chi connectivity index (χ2n) is 5.84. The number of amides is 1. The molecule has 5 heteroatoms. The van der Waals surface area contributed by atoms with Gasteiger partial charge >= 0.3 is 5.97 Å². The Hall–Kier alpha value is -1.37. The van der Waals surface area contributed by atoms with Crippen LogP contribution in [-0.2, 0) is 14.3 Å². The van der Waals surface area contributed by atoms with Crippen molar-refractivity contribution in [1.82, 2.24) is 5.32 Å². The van der Waals surface area contributed by atoms with Gasteiger partial charge in [0.05, 0.1) is 0 Å². The third-order valence-corrected chi connectivity index (χ3v) is 3.58. The summed E-state index contributed by atoms with van der Waals surface area (Å²) in [6.07, 6.45) is 4.16. The minimum Gasteiger partial charge on any atom is -0.460 e. The lowest BCUT2D eigenvalue weighted by Gasteiger charge is -2.19. The lowest BCUT2D eigenvalue weighted by molar-refractivity contribution is -0.154. The maximum atomic E-state index is 11.7. The van der Waals surface area contributed by atoms with Crippen molar-refractivity contribution in [3.05, 3.63) is 39.5 Å². The normalized spacial score (nSPS) is 11.5. The van der Waals surface area contributed by atoms with Crippen molar-refractivity contribution in [2.75, 3.05) is 6.54 Å². The molecule has 0 saturated carbocycles. The van der Waals surface area contributed by atoms with Crippen LogP contribution in [0.3, 0.4) is 0 Å². The highest BCUT2D eigenvalue weighted by Crippen LogP contribution is 2.12. The monoisotopic (exact) mass is 415 g/mol. The molecule has 120 valence electrons. The third kappa shape index (κ3) is 8.17. The molecule has 1 aromatic rings. The van der Waals surface area contributed by atoms with E-state index in [0.717, 1.165) is 9.13 Å². The number of nitrogens with one attached hydrogen (secondary N) is 1. The Morgan fingerprint density at radius 1 is 1.27 bits per heavy atom. The van der Waals surface area contributed by atoms with Crippen molar-refractivity contribution in [3.8, 4) is 0 Å². The van der Waals surface area contributed by atoms with E-state index in [1.807, 2.05) is 45.0 Å². The van der Waals surface area contributed by atoms with Crippen LogP contribution in [0.5, 0.6) is 0 Å². The SMILES string of the molecule is CC(C)(C)OC(=O)CCCNC(=O)/C=C/c1ccccc1I. The van der Waals surface area contributed by atoms with Crippen LogP contribution in [0, 0.1) is 3.57 Å². The van der Waals surface area contributed by atoms with Crippen molar-refractivity contribution in [1.29, 1.82) is 0 Å². The number of halogens is 1. The molecule has 0 heterocycles. The molecule has 1 amide bonds. The molecule has 0 aliphatic rings. The molecule has 4 nitrogen and oxygen atoms in total. The van der Waals surface area contributed by atoms with Crippen LogP contribution in [-0.4, -0.2) is 24.0 Å². The van der Waals surface area contributed by atoms with Crippen LogP contribution < -0.4 is 5.32 Å². The quantitative estimate of drug-likeness (QED) is 0.335. The number of benzene rings is 1. The van der Waals surface area contributed by atoms with Gasteiger partial charge < -0.3 is 10.1 Å². The predicted octanol–water partition coefficient (Wildman–Crippen LogP) is 3.54. The Morgan fingerprint density at radius 3 is 2.59 bits per heavy atom. The van der Waals surface area contributed by atoms with Crippen LogP contribution in [0.25, 0.3) is 6.08 Å². The van der Waals surface area contributed by atoms with Crippen LogP contribution in [0.15, 0.2) is 30.3 Å². The zero-order chi connectivity index (χ0) is 16.6. The van der Waals surface area contributed by atoms with Gasteiger partial charge in [0, 0.05) is 22.6 Å². The third-order valence-electron chi connectivity index (χ3n) is 2.60. The molecule has 0 unspecified atom stereocenters. The predicted molar refractivity (Wildman–Crippen MR) is 96.3 cm³/mol. The van der Waals surface area contributed by atoms with E-state index < -0.39 is 5.60 Å². The molecule has 0 aromatic heterocycles. The van der Waals surface area contributed by atoms with E-state index in [0.29, 0.717) is 19.4 Å². The number of carbonyl (C=O) groups excluding carboxylic acids is 2. The number of rotatable bonds is 6. The summed E-state index contributed by atoms with van der Waals surface area (Å²) in [6, 6.07) is 7.82. The average Bonchev–Trinajstić information content (AvgIpc) is 2.41. The van der Waals surface area contributed by atoms with E-state index in [-0.39, 0.29) is 11.9 Å². The van der Waals surface area contributed by atoms with Gasteiger partial charge in [-0.05, 0) is 67.5 Å². The minimum absolute atomic E-state index is 0.163. The van der Waals surface area contributed by atoms with Gasteiger partial charge in [-0.1, -0.05) is 18.2 Å². The highest BCUT2D eigenvalue weighted by molar-refractivity contribution is 14.1. The van der Waals surface area contributed by atoms with Gasteiger partial charge in [0.15, 0.2) is 0 Å². The van der Waals surface area contributed by atoms with Gasteiger partial charge in [0.1, 0.15) is 5.60 Å². The van der Waals surface area contributed by atoms with Crippen molar-refractivity contribution < 1.29 is 14.3 Å². The topological polar surface area (TPSA) is 55.4 Å². The number of ether oxygens (including phenoxy) is 1. The second kappa shape index (κ2) is 8.92. The van der Waals surface area contributed by atoms with Crippen LogP contribution in [0.1, 0.15) is 39.2 Å². The highest BCUT2D eigenvalue weighted by atomic mass is 127. The van der Waals surface area contributed by atoms with Crippen LogP contribution in [0.4, 0.5) is 0 Å². The second-order valence-corrected chi connectivity index (χ2v) is 7.00. The fourth-order valence-electron chi connectivity index (χ4n) is 1.67. The van der Waals surface area contributed by atoms with Crippen molar-refractivity contribution >= 4 is 40.5 Å². The minimum atomic E-state index is -0.462. The summed E-state index contributed by atoms with van der Waals surface area (Å²) in [6.45, 7) is 5.96. The maximum Gasteiger partial charge on any atom is 0.306 e. The molecule has 1 N–H and O–H groups in total. The zero-order valence-electron chi connectivity index (χ0n) is 13.2. The first kappa shape index (κ1) is 18.7. The van der Waals surface area contributed by atoms with Crippen molar-refractivity contribution in [2.45, 2.75) is 39.2 Å². The van der Waals surface area contributed by atoms with Crippen LogP contribution in [0.2, 0.25) is 0 Å². The largest absolute Gasteiger partial charge is 0.460 e. The molecule has 0 spiro atoms. The molecular weight excluding hydrogens is 393 g/mol. The lowest BCUT2D eigenvalue weighted by Crippen LogP contribution is -2.26. The van der Waals surface area contributed by atoms with E-state index in [1.54, 1.807) is 6.08 Å². The molecule has 0 aliphatic carbocycles. The van der Waals surface area contributed by atoms with E-state index in [9.17, 15) is 9.59 Å². The number of esters is 1. The standard InChI is InChI=1S/C17H22INO3/c1-17(2,3)22-16(21)9-6-12-19-15(20)11-10-13-7-4-5-8-14(13)18/h4-5,7-8,10-11H,6,9,12H2,1-3H3,(H,19,20)/b11-10+. The Balaban J connectivity index is 2.27. The lowest BCUT2D eigenvalue weighted by atomic mass is 10.2. The van der Waals surface area contributed by atoms with E-state index in [2.05, 4.69) is 27.9 Å². The van der Waals surface area contributed by atoms with E-state index >= 15 is 0 Å². The number of hydrogen-bond acceptors (Lipinski definition) is 3. The Kier molecular flexibility index (Phi) is 7.58. The number of carbonyl (C=O) groups is 2. The molecule has 0 bridgehead atoms. The van der Waals surface area contributed by atoms with Crippen LogP contribution >= 0.6 is 22.6 Å². The molecule has 1 rings (SSSR count). The highest BCUT2D eigenvalue weighted by Gasteiger charge is 2.15.